The Kier molecular flexibility index (Phi) is 12.2. The molecule has 0 aliphatic carbocycles. The first-order valence-corrected chi connectivity index (χ1v) is 8.68. The van der Waals surface area contributed by atoms with E-state index in [2.05, 4.69) is 17.1 Å². The number of halogens is 2. The molecule has 154 valence electrons. The number of para-hydroxylation sites is 1. The Balaban J connectivity index is 0.00000338. The fraction of sp³-hybridized carbons (Fsp3) is 0.556. The van der Waals surface area contributed by atoms with Crippen LogP contribution in [0.3, 0.4) is 0 Å². The molecule has 2 amide bonds. The van der Waals surface area contributed by atoms with Gasteiger partial charge in [0.05, 0.1) is 13.2 Å². The van der Waals surface area contributed by atoms with Gasteiger partial charge in [-0.1, -0.05) is 25.1 Å². The second-order valence-electron chi connectivity index (χ2n) is 6.22. The third kappa shape index (κ3) is 7.63. The second-order valence-corrected chi connectivity index (χ2v) is 6.22. The van der Waals surface area contributed by atoms with Crippen LogP contribution < -0.4 is 11.1 Å². The van der Waals surface area contributed by atoms with Crippen molar-refractivity contribution < 1.29 is 14.3 Å². The number of carbonyl (C=O) groups is 2. The average Bonchev–Trinajstić information content (AvgIpc) is 2.62. The Morgan fingerprint density at radius 1 is 1.19 bits per heavy atom. The maximum absolute atomic E-state index is 12.3. The molecule has 1 heterocycles. The van der Waals surface area contributed by atoms with Crippen molar-refractivity contribution in [3.8, 4) is 0 Å². The highest BCUT2D eigenvalue weighted by molar-refractivity contribution is 5.93. The van der Waals surface area contributed by atoms with Crippen LogP contribution in [0.4, 0.5) is 5.69 Å². The summed E-state index contributed by atoms with van der Waals surface area (Å²) in [7, 11) is 1.53. The lowest BCUT2D eigenvalue weighted by Crippen LogP contribution is -2.55. The lowest BCUT2D eigenvalue weighted by molar-refractivity contribution is -0.135. The predicted molar refractivity (Wildman–Crippen MR) is 112 cm³/mol. The minimum atomic E-state index is -0.620. The third-order valence-electron chi connectivity index (χ3n) is 4.39. The van der Waals surface area contributed by atoms with Crippen molar-refractivity contribution in [3.63, 3.8) is 0 Å². The Bertz CT molecular complexity index is 596. The molecular weight excluding hydrogens is 391 g/mol. The predicted octanol–water partition coefficient (Wildman–Crippen LogP) is 1.15. The lowest BCUT2D eigenvalue weighted by Gasteiger charge is -2.35. The summed E-state index contributed by atoms with van der Waals surface area (Å²) in [5.74, 6) is -0.125. The van der Waals surface area contributed by atoms with E-state index in [-0.39, 0.29) is 43.2 Å². The first-order chi connectivity index (χ1) is 12.0. The zero-order valence-electron chi connectivity index (χ0n) is 15.8. The normalized spacial score (nSPS) is 15.3. The van der Waals surface area contributed by atoms with E-state index >= 15 is 0 Å². The number of benzene rings is 1. The van der Waals surface area contributed by atoms with Crippen molar-refractivity contribution in [2.45, 2.75) is 19.4 Å². The van der Waals surface area contributed by atoms with Crippen LogP contribution in [0.2, 0.25) is 0 Å². The van der Waals surface area contributed by atoms with Crippen molar-refractivity contribution in [2.24, 2.45) is 5.73 Å². The Morgan fingerprint density at radius 2 is 1.81 bits per heavy atom. The number of nitrogens with two attached hydrogens (primary N) is 1. The minimum Gasteiger partial charge on any atom is -0.383 e. The van der Waals surface area contributed by atoms with Crippen molar-refractivity contribution in [3.05, 3.63) is 29.8 Å². The maximum atomic E-state index is 12.3. The number of rotatable bonds is 7. The molecule has 1 unspecified atom stereocenters. The van der Waals surface area contributed by atoms with Crippen molar-refractivity contribution in [1.82, 2.24) is 9.80 Å². The number of anilines is 1. The van der Waals surface area contributed by atoms with Crippen LogP contribution in [0.1, 0.15) is 12.5 Å². The average molecular weight is 421 g/mol. The van der Waals surface area contributed by atoms with Gasteiger partial charge in [0.25, 0.3) is 0 Å². The topological polar surface area (TPSA) is 87.9 Å². The van der Waals surface area contributed by atoms with E-state index in [4.69, 9.17) is 10.5 Å². The highest BCUT2D eigenvalue weighted by Gasteiger charge is 2.26. The number of amides is 2. The van der Waals surface area contributed by atoms with Gasteiger partial charge in [0.15, 0.2) is 0 Å². The molecule has 7 nitrogen and oxygen atoms in total. The fourth-order valence-corrected chi connectivity index (χ4v) is 2.96. The Labute approximate surface area is 173 Å². The van der Waals surface area contributed by atoms with Gasteiger partial charge in [-0.25, -0.2) is 0 Å². The van der Waals surface area contributed by atoms with Gasteiger partial charge in [-0.05, 0) is 18.1 Å². The molecule has 1 aromatic rings. The molecule has 9 heteroatoms. The van der Waals surface area contributed by atoms with Crippen molar-refractivity contribution in [2.75, 3.05) is 51.8 Å². The van der Waals surface area contributed by atoms with Crippen LogP contribution in [-0.4, -0.2) is 74.1 Å². The van der Waals surface area contributed by atoms with Gasteiger partial charge in [-0.3, -0.25) is 14.5 Å². The largest absolute Gasteiger partial charge is 0.383 e. The molecule has 27 heavy (non-hydrogen) atoms. The maximum Gasteiger partial charge on any atom is 0.241 e. The van der Waals surface area contributed by atoms with Crippen LogP contribution in [0.25, 0.3) is 0 Å². The van der Waals surface area contributed by atoms with Gasteiger partial charge in [-0.2, -0.15) is 0 Å². The summed E-state index contributed by atoms with van der Waals surface area (Å²) in [5, 5.41) is 2.98. The Morgan fingerprint density at radius 3 is 2.41 bits per heavy atom. The molecule has 1 atom stereocenters. The standard InChI is InChI=1S/C18H28N4O3.2ClH/c1-3-14-6-4-5-7-16(14)20-17(23)12-21-8-10-22(11-9-21)18(24)15(19)13-25-2;;/h4-7,15H,3,8-13,19H2,1-2H3,(H,20,23);2*1H. The third-order valence-corrected chi connectivity index (χ3v) is 4.39. The summed E-state index contributed by atoms with van der Waals surface area (Å²) in [5.41, 5.74) is 7.79. The zero-order chi connectivity index (χ0) is 18.2. The van der Waals surface area contributed by atoms with E-state index in [1.807, 2.05) is 24.3 Å². The first kappa shape index (κ1) is 25.6. The number of ether oxygens (including phenoxy) is 1. The van der Waals surface area contributed by atoms with Crippen LogP contribution >= 0.6 is 24.8 Å². The number of nitrogens with zero attached hydrogens (tertiary/aromatic N) is 2. The van der Waals surface area contributed by atoms with Gasteiger partial charge in [-0.15, -0.1) is 24.8 Å². The summed E-state index contributed by atoms with van der Waals surface area (Å²) < 4.78 is 4.93. The zero-order valence-corrected chi connectivity index (χ0v) is 17.5. The van der Waals surface area contributed by atoms with Gasteiger partial charge >= 0.3 is 0 Å². The van der Waals surface area contributed by atoms with E-state index in [1.54, 1.807) is 4.90 Å². The van der Waals surface area contributed by atoms with E-state index in [0.29, 0.717) is 32.7 Å². The molecule has 0 bridgehead atoms. The molecule has 1 aliphatic heterocycles. The Hall–Kier alpha value is -1.38. The molecule has 2 rings (SSSR count). The van der Waals surface area contributed by atoms with Crippen LogP contribution in [0.15, 0.2) is 24.3 Å². The SMILES string of the molecule is CCc1ccccc1NC(=O)CN1CCN(C(=O)C(N)COC)CC1.Cl.Cl. The molecule has 1 fully saturated rings. The minimum absolute atomic E-state index is 0. The summed E-state index contributed by atoms with van der Waals surface area (Å²) in [6.07, 6.45) is 0.874. The van der Waals surface area contributed by atoms with E-state index in [9.17, 15) is 9.59 Å². The number of methoxy groups -OCH3 is 1. The summed E-state index contributed by atoms with van der Waals surface area (Å²) in [4.78, 5) is 28.2. The number of piperazine rings is 1. The van der Waals surface area contributed by atoms with E-state index in [1.165, 1.54) is 7.11 Å². The second kappa shape index (κ2) is 12.9. The molecule has 0 aromatic heterocycles. The first-order valence-electron chi connectivity index (χ1n) is 8.68. The van der Waals surface area contributed by atoms with Crippen molar-refractivity contribution >= 4 is 42.3 Å². The van der Waals surface area contributed by atoms with E-state index in [0.717, 1.165) is 17.7 Å². The highest BCUT2D eigenvalue weighted by Crippen LogP contribution is 2.15. The molecule has 3 N–H and O–H groups in total. The van der Waals surface area contributed by atoms with Crippen LogP contribution in [0.5, 0.6) is 0 Å². The molecule has 1 aliphatic rings. The quantitative estimate of drug-likeness (QED) is 0.690. The molecule has 0 radical (unpaired) electrons. The lowest BCUT2D eigenvalue weighted by atomic mass is 10.1. The fourth-order valence-electron chi connectivity index (χ4n) is 2.96. The number of nitrogens with one attached hydrogen (secondary N) is 1. The molecular formula is C18H30Cl2N4O3. The summed E-state index contributed by atoms with van der Waals surface area (Å²) >= 11 is 0. The molecule has 1 saturated heterocycles. The summed E-state index contributed by atoms with van der Waals surface area (Å²) in [6, 6.07) is 7.21. The van der Waals surface area contributed by atoms with Gasteiger partial charge < -0.3 is 20.7 Å². The number of carbonyl (C=O) groups excluding carboxylic acids is 2. The number of hydrogen-bond acceptors (Lipinski definition) is 5. The molecule has 1 aromatic carbocycles. The van der Waals surface area contributed by atoms with Crippen LogP contribution in [0, 0.1) is 0 Å². The summed E-state index contributed by atoms with van der Waals surface area (Å²) in [6.45, 7) is 5.09. The number of hydrogen-bond donors (Lipinski definition) is 2. The number of aryl methyl sites for hydroxylation is 1. The van der Waals surface area contributed by atoms with Crippen LogP contribution in [-0.2, 0) is 20.7 Å². The van der Waals surface area contributed by atoms with E-state index < -0.39 is 6.04 Å². The smallest absolute Gasteiger partial charge is 0.241 e. The molecule has 0 spiro atoms. The van der Waals surface area contributed by atoms with Gasteiger partial charge in [0.1, 0.15) is 6.04 Å². The highest BCUT2D eigenvalue weighted by atomic mass is 35.5. The monoisotopic (exact) mass is 420 g/mol. The van der Waals surface area contributed by atoms with Gasteiger partial charge in [0.2, 0.25) is 11.8 Å². The van der Waals surface area contributed by atoms with Crippen molar-refractivity contribution in [1.29, 1.82) is 0 Å². The molecule has 0 saturated carbocycles. The van der Waals surface area contributed by atoms with Gasteiger partial charge in [0, 0.05) is 39.0 Å².